The fourth-order valence-corrected chi connectivity index (χ4v) is 2.11. The van der Waals surface area contributed by atoms with Crippen LogP contribution in [0.15, 0.2) is 24.5 Å². The molecule has 0 atom stereocenters. The van der Waals surface area contributed by atoms with Crippen LogP contribution in [0.1, 0.15) is 19.8 Å². The number of amides is 1. The summed E-state index contributed by atoms with van der Waals surface area (Å²) in [6, 6.07) is 4.33. The number of piperidine rings is 1. The summed E-state index contributed by atoms with van der Waals surface area (Å²) in [6.45, 7) is 3.77. The fraction of sp³-hybridized carbons (Fsp3) is 0.538. The van der Waals surface area contributed by atoms with E-state index in [9.17, 15) is 4.79 Å². The van der Waals surface area contributed by atoms with Gasteiger partial charge in [-0.3, -0.25) is 4.98 Å². The van der Waals surface area contributed by atoms with Gasteiger partial charge in [-0.2, -0.15) is 0 Å². The zero-order valence-corrected chi connectivity index (χ0v) is 10.6. The lowest BCUT2D eigenvalue weighted by Gasteiger charge is -2.32. The molecule has 18 heavy (non-hydrogen) atoms. The van der Waals surface area contributed by atoms with Crippen LogP contribution in [0.2, 0.25) is 0 Å². The van der Waals surface area contributed by atoms with Crippen molar-refractivity contribution in [1.29, 1.82) is 0 Å². The molecule has 2 heterocycles. The van der Waals surface area contributed by atoms with Gasteiger partial charge >= 0.3 is 6.09 Å². The molecular formula is C13H19N3O2. The number of hydrogen-bond acceptors (Lipinski definition) is 4. The topological polar surface area (TPSA) is 54.5 Å². The molecule has 5 nitrogen and oxygen atoms in total. The van der Waals surface area contributed by atoms with Gasteiger partial charge in [0.1, 0.15) is 0 Å². The molecular weight excluding hydrogens is 230 g/mol. The number of ether oxygens (including phenoxy) is 1. The first-order chi connectivity index (χ1) is 8.79. The number of hydrogen-bond donors (Lipinski definition) is 1. The maximum atomic E-state index is 11.5. The van der Waals surface area contributed by atoms with E-state index in [2.05, 4.69) is 10.3 Å². The van der Waals surface area contributed by atoms with Gasteiger partial charge in [-0.1, -0.05) is 0 Å². The number of pyridine rings is 1. The van der Waals surface area contributed by atoms with Crippen molar-refractivity contribution in [2.45, 2.75) is 25.8 Å². The molecule has 0 radical (unpaired) electrons. The number of nitrogens with one attached hydrogen (secondary N) is 1. The first kappa shape index (κ1) is 12.7. The summed E-state index contributed by atoms with van der Waals surface area (Å²) < 4.78 is 4.99. The molecule has 0 bridgehead atoms. The van der Waals surface area contributed by atoms with Crippen LogP contribution in [0.3, 0.4) is 0 Å². The van der Waals surface area contributed by atoms with Gasteiger partial charge in [-0.05, 0) is 31.9 Å². The number of rotatable bonds is 3. The minimum absolute atomic E-state index is 0.195. The summed E-state index contributed by atoms with van der Waals surface area (Å²) >= 11 is 0. The third-order valence-electron chi connectivity index (χ3n) is 3.07. The Labute approximate surface area is 107 Å². The average molecular weight is 249 g/mol. The highest BCUT2D eigenvalue weighted by atomic mass is 16.6. The highest BCUT2D eigenvalue weighted by Gasteiger charge is 2.23. The van der Waals surface area contributed by atoms with Crippen LogP contribution in [-0.4, -0.2) is 41.7 Å². The first-order valence-corrected chi connectivity index (χ1v) is 6.38. The van der Waals surface area contributed by atoms with Gasteiger partial charge in [-0.15, -0.1) is 0 Å². The standard InChI is InChI=1S/C13H19N3O2/c1-2-18-13(17)16-9-5-12(6-10-16)15-11-3-7-14-8-4-11/h3-4,7-8,12H,2,5-6,9-10H2,1H3,(H,14,15). The van der Waals surface area contributed by atoms with Gasteiger partial charge in [0.05, 0.1) is 6.61 Å². The highest BCUT2D eigenvalue weighted by Crippen LogP contribution is 2.16. The molecule has 1 N–H and O–H groups in total. The normalized spacial score (nSPS) is 16.4. The van der Waals surface area contributed by atoms with Gasteiger partial charge in [-0.25, -0.2) is 4.79 Å². The SMILES string of the molecule is CCOC(=O)N1CCC(Nc2ccncc2)CC1. The maximum Gasteiger partial charge on any atom is 0.409 e. The number of anilines is 1. The molecule has 1 aromatic rings. The summed E-state index contributed by atoms with van der Waals surface area (Å²) in [5, 5.41) is 3.45. The number of aromatic nitrogens is 1. The molecule has 0 aliphatic carbocycles. The van der Waals surface area contributed by atoms with Gasteiger partial charge in [0.15, 0.2) is 0 Å². The summed E-state index contributed by atoms with van der Waals surface area (Å²) in [5.41, 5.74) is 1.08. The summed E-state index contributed by atoms with van der Waals surface area (Å²) in [5.74, 6) is 0. The second-order valence-electron chi connectivity index (χ2n) is 4.34. The largest absolute Gasteiger partial charge is 0.450 e. The molecule has 1 aromatic heterocycles. The molecule has 2 rings (SSSR count). The number of carbonyl (C=O) groups is 1. The number of nitrogens with zero attached hydrogens (tertiary/aromatic N) is 2. The maximum absolute atomic E-state index is 11.5. The van der Waals surface area contributed by atoms with Crippen molar-refractivity contribution in [3.63, 3.8) is 0 Å². The van der Waals surface area contributed by atoms with E-state index in [1.807, 2.05) is 19.1 Å². The van der Waals surface area contributed by atoms with Gasteiger partial charge < -0.3 is 15.0 Å². The minimum atomic E-state index is -0.195. The van der Waals surface area contributed by atoms with Crippen molar-refractivity contribution in [1.82, 2.24) is 9.88 Å². The van der Waals surface area contributed by atoms with Crippen molar-refractivity contribution < 1.29 is 9.53 Å². The van der Waals surface area contributed by atoms with Crippen LogP contribution in [0.25, 0.3) is 0 Å². The molecule has 0 unspecified atom stereocenters. The van der Waals surface area contributed by atoms with Crippen molar-refractivity contribution >= 4 is 11.8 Å². The van der Waals surface area contributed by atoms with E-state index in [1.54, 1.807) is 17.3 Å². The quantitative estimate of drug-likeness (QED) is 0.891. The monoisotopic (exact) mass is 249 g/mol. The number of carbonyl (C=O) groups excluding carboxylic acids is 1. The first-order valence-electron chi connectivity index (χ1n) is 6.38. The van der Waals surface area contributed by atoms with Crippen molar-refractivity contribution in [3.8, 4) is 0 Å². The molecule has 0 saturated carbocycles. The van der Waals surface area contributed by atoms with E-state index < -0.39 is 0 Å². The van der Waals surface area contributed by atoms with Crippen LogP contribution < -0.4 is 5.32 Å². The lowest BCUT2D eigenvalue weighted by atomic mass is 10.1. The third-order valence-corrected chi connectivity index (χ3v) is 3.07. The minimum Gasteiger partial charge on any atom is -0.450 e. The average Bonchev–Trinajstić information content (AvgIpc) is 2.41. The number of likely N-dealkylation sites (tertiary alicyclic amines) is 1. The van der Waals surface area contributed by atoms with Gasteiger partial charge in [0.25, 0.3) is 0 Å². The predicted octanol–water partition coefficient (Wildman–Crippen LogP) is 2.11. The predicted molar refractivity (Wildman–Crippen MR) is 69.5 cm³/mol. The van der Waals surface area contributed by atoms with Crippen LogP contribution >= 0.6 is 0 Å². The lowest BCUT2D eigenvalue weighted by molar-refractivity contribution is 0.0983. The van der Waals surface area contributed by atoms with Crippen LogP contribution in [0.4, 0.5) is 10.5 Å². The highest BCUT2D eigenvalue weighted by molar-refractivity contribution is 5.67. The van der Waals surface area contributed by atoms with E-state index in [1.165, 1.54) is 0 Å². The summed E-state index contributed by atoms with van der Waals surface area (Å²) in [4.78, 5) is 17.3. The van der Waals surface area contributed by atoms with Crippen LogP contribution in [0, 0.1) is 0 Å². The third kappa shape index (κ3) is 3.35. The van der Waals surface area contributed by atoms with E-state index in [4.69, 9.17) is 4.74 Å². The van der Waals surface area contributed by atoms with Crippen molar-refractivity contribution in [2.24, 2.45) is 0 Å². The Morgan fingerprint density at radius 2 is 2.11 bits per heavy atom. The molecule has 98 valence electrons. The molecule has 1 aliphatic heterocycles. The molecule has 1 amide bonds. The summed E-state index contributed by atoms with van der Waals surface area (Å²) in [7, 11) is 0. The lowest BCUT2D eigenvalue weighted by Crippen LogP contribution is -2.42. The van der Waals surface area contributed by atoms with Gasteiger partial charge in [0, 0.05) is 37.2 Å². The Kier molecular flexibility index (Phi) is 4.39. The molecule has 0 aromatic carbocycles. The molecule has 1 fully saturated rings. The van der Waals surface area contributed by atoms with Gasteiger partial charge in [0.2, 0.25) is 0 Å². The smallest absolute Gasteiger partial charge is 0.409 e. The second-order valence-corrected chi connectivity index (χ2v) is 4.34. The molecule has 1 saturated heterocycles. The van der Waals surface area contributed by atoms with Crippen LogP contribution in [-0.2, 0) is 4.74 Å². The van der Waals surface area contributed by atoms with E-state index in [0.29, 0.717) is 12.6 Å². The van der Waals surface area contributed by atoms with Crippen molar-refractivity contribution in [3.05, 3.63) is 24.5 Å². The Hall–Kier alpha value is -1.78. The Balaban J connectivity index is 1.78. The second kappa shape index (κ2) is 6.23. The Morgan fingerprint density at radius 1 is 1.44 bits per heavy atom. The van der Waals surface area contributed by atoms with E-state index >= 15 is 0 Å². The van der Waals surface area contributed by atoms with Crippen LogP contribution in [0.5, 0.6) is 0 Å². The van der Waals surface area contributed by atoms with Crippen molar-refractivity contribution in [2.75, 3.05) is 25.0 Å². The molecule has 0 spiro atoms. The fourth-order valence-electron chi connectivity index (χ4n) is 2.11. The molecule has 1 aliphatic rings. The molecule has 5 heteroatoms. The zero-order valence-electron chi connectivity index (χ0n) is 10.6. The summed E-state index contributed by atoms with van der Waals surface area (Å²) in [6.07, 6.45) is 5.24. The van der Waals surface area contributed by atoms with E-state index in [-0.39, 0.29) is 6.09 Å². The van der Waals surface area contributed by atoms with E-state index in [0.717, 1.165) is 31.6 Å². The Morgan fingerprint density at radius 3 is 2.72 bits per heavy atom. The Bertz CT molecular complexity index is 375. The zero-order chi connectivity index (χ0) is 12.8.